The molecule has 1 aliphatic rings. The molecule has 27 heavy (non-hydrogen) atoms. The molecule has 1 fully saturated rings. The largest absolute Gasteiger partial charge is 0.389 e. The number of nitrogens with zero attached hydrogens (tertiary/aromatic N) is 1. The second-order valence-corrected chi connectivity index (χ2v) is 8.38. The van der Waals surface area contributed by atoms with Crippen molar-refractivity contribution < 1.29 is 9.84 Å². The van der Waals surface area contributed by atoms with Crippen LogP contribution in [0.1, 0.15) is 96.8 Å². The van der Waals surface area contributed by atoms with Gasteiger partial charge in [-0.05, 0) is 6.42 Å². The molecule has 1 saturated heterocycles. The fourth-order valence-electron chi connectivity index (χ4n) is 3.86. The highest BCUT2D eigenvalue weighted by Crippen LogP contribution is 2.13. The van der Waals surface area contributed by atoms with Crippen molar-refractivity contribution in [2.75, 3.05) is 45.9 Å². The van der Waals surface area contributed by atoms with Crippen molar-refractivity contribution in [3.8, 4) is 0 Å². The number of hydrogen-bond acceptors (Lipinski definition) is 4. The van der Waals surface area contributed by atoms with Crippen LogP contribution in [0.25, 0.3) is 0 Å². The fourth-order valence-corrected chi connectivity index (χ4v) is 3.86. The topological polar surface area (TPSA) is 44.7 Å². The molecule has 4 nitrogen and oxygen atoms in total. The fraction of sp³-hybridized carbons (Fsp3) is 1.00. The van der Waals surface area contributed by atoms with Crippen LogP contribution in [0.15, 0.2) is 0 Å². The maximum absolute atomic E-state index is 10.0. The van der Waals surface area contributed by atoms with Crippen molar-refractivity contribution in [2.45, 2.75) is 103 Å². The Hall–Kier alpha value is -0.160. The molecule has 1 rings (SSSR count). The number of ether oxygens (including phenoxy) is 1. The van der Waals surface area contributed by atoms with Gasteiger partial charge >= 0.3 is 0 Å². The summed E-state index contributed by atoms with van der Waals surface area (Å²) in [5.74, 6) is 0. The molecule has 0 spiro atoms. The van der Waals surface area contributed by atoms with E-state index in [2.05, 4.69) is 17.1 Å². The van der Waals surface area contributed by atoms with Crippen molar-refractivity contribution in [1.82, 2.24) is 10.2 Å². The van der Waals surface area contributed by atoms with E-state index in [1.165, 1.54) is 83.5 Å². The van der Waals surface area contributed by atoms with Crippen LogP contribution >= 0.6 is 0 Å². The van der Waals surface area contributed by atoms with E-state index in [0.717, 1.165) is 45.8 Å². The van der Waals surface area contributed by atoms with E-state index in [9.17, 15) is 5.11 Å². The SMILES string of the molecule is CCCCCCCCCCCCCCCCOCC(O)CN1CCNCC1. The normalized spacial score (nSPS) is 16.7. The highest BCUT2D eigenvalue weighted by atomic mass is 16.5. The van der Waals surface area contributed by atoms with Gasteiger partial charge in [0.15, 0.2) is 0 Å². The smallest absolute Gasteiger partial charge is 0.0900 e. The second-order valence-electron chi connectivity index (χ2n) is 8.38. The molecule has 0 aliphatic carbocycles. The Kier molecular flexibility index (Phi) is 17.7. The van der Waals surface area contributed by atoms with E-state index in [1.807, 2.05) is 0 Å². The van der Waals surface area contributed by atoms with E-state index in [-0.39, 0.29) is 6.10 Å². The molecule has 4 heteroatoms. The molecule has 0 aromatic rings. The van der Waals surface area contributed by atoms with Gasteiger partial charge in [0, 0.05) is 39.3 Å². The molecule has 0 aromatic carbocycles. The molecule has 1 unspecified atom stereocenters. The Labute approximate surface area is 169 Å². The van der Waals surface area contributed by atoms with Gasteiger partial charge in [-0.2, -0.15) is 0 Å². The first-order valence-corrected chi connectivity index (χ1v) is 12.0. The number of nitrogens with one attached hydrogen (secondary N) is 1. The minimum atomic E-state index is -0.338. The summed E-state index contributed by atoms with van der Waals surface area (Å²) >= 11 is 0. The highest BCUT2D eigenvalue weighted by molar-refractivity contribution is 4.70. The summed E-state index contributed by atoms with van der Waals surface area (Å²) < 4.78 is 5.65. The zero-order valence-electron chi connectivity index (χ0n) is 18.2. The van der Waals surface area contributed by atoms with Crippen molar-refractivity contribution in [3.05, 3.63) is 0 Å². The van der Waals surface area contributed by atoms with Gasteiger partial charge in [0.05, 0.1) is 12.7 Å². The first kappa shape index (κ1) is 24.9. The van der Waals surface area contributed by atoms with Gasteiger partial charge < -0.3 is 15.2 Å². The highest BCUT2D eigenvalue weighted by Gasteiger charge is 2.14. The lowest BCUT2D eigenvalue weighted by atomic mass is 10.0. The van der Waals surface area contributed by atoms with Gasteiger partial charge in [-0.1, -0.05) is 90.4 Å². The van der Waals surface area contributed by atoms with E-state index in [4.69, 9.17) is 4.74 Å². The minimum absolute atomic E-state index is 0.338. The van der Waals surface area contributed by atoms with Crippen LogP contribution in [-0.4, -0.2) is 62.0 Å². The molecule has 162 valence electrons. The van der Waals surface area contributed by atoms with Gasteiger partial charge in [-0.15, -0.1) is 0 Å². The summed E-state index contributed by atoms with van der Waals surface area (Å²) in [4.78, 5) is 2.32. The van der Waals surface area contributed by atoms with Crippen molar-refractivity contribution in [1.29, 1.82) is 0 Å². The Morgan fingerprint density at radius 1 is 0.778 bits per heavy atom. The molecule has 1 atom stereocenters. The van der Waals surface area contributed by atoms with Crippen LogP contribution in [0.2, 0.25) is 0 Å². The molecule has 0 radical (unpaired) electrons. The number of unbranched alkanes of at least 4 members (excludes halogenated alkanes) is 13. The first-order valence-electron chi connectivity index (χ1n) is 12.0. The molecule has 1 heterocycles. The first-order chi connectivity index (χ1) is 13.3. The number of piperazine rings is 1. The van der Waals surface area contributed by atoms with Gasteiger partial charge in [0.2, 0.25) is 0 Å². The third-order valence-electron chi connectivity index (χ3n) is 5.63. The number of hydrogen-bond donors (Lipinski definition) is 2. The van der Waals surface area contributed by atoms with Crippen LogP contribution in [0.5, 0.6) is 0 Å². The molecule has 2 N–H and O–H groups in total. The second kappa shape index (κ2) is 19.2. The predicted molar refractivity (Wildman–Crippen MR) is 116 cm³/mol. The van der Waals surface area contributed by atoms with Crippen LogP contribution in [0.3, 0.4) is 0 Å². The van der Waals surface area contributed by atoms with Crippen molar-refractivity contribution >= 4 is 0 Å². The van der Waals surface area contributed by atoms with Gasteiger partial charge in [0.25, 0.3) is 0 Å². The number of aliphatic hydroxyl groups excluding tert-OH is 1. The maximum atomic E-state index is 10.0. The lowest BCUT2D eigenvalue weighted by Crippen LogP contribution is -2.47. The third-order valence-corrected chi connectivity index (χ3v) is 5.63. The van der Waals surface area contributed by atoms with Crippen LogP contribution in [-0.2, 0) is 4.74 Å². The van der Waals surface area contributed by atoms with E-state index in [1.54, 1.807) is 0 Å². The molecule has 0 saturated carbocycles. The Morgan fingerprint density at radius 2 is 1.26 bits per heavy atom. The number of rotatable bonds is 19. The standard InChI is InChI=1S/C23H48N2O2/c1-2-3-4-5-6-7-8-9-10-11-12-13-14-15-20-27-22-23(26)21-25-18-16-24-17-19-25/h23-24,26H,2-22H2,1H3. The third kappa shape index (κ3) is 16.5. The Bertz CT molecular complexity index is 296. The van der Waals surface area contributed by atoms with E-state index in [0.29, 0.717) is 6.61 Å². The molecular weight excluding hydrogens is 336 g/mol. The van der Waals surface area contributed by atoms with Gasteiger partial charge in [-0.3, -0.25) is 4.90 Å². The van der Waals surface area contributed by atoms with Crippen molar-refractivity contribution in [3.63, 3.8) is 0 Å². The molecule has 0 amide bonds. The summed E-state index contributed by atoms with van der Waals surface area (Å²) in [6, 6.07) is 0. The minimum Gasteiger partial charge on any atom is -0.389 e. The number of β-amino-alcohol motifs (C(OH)–C–C–N with tert-alkyl or cyclic N) is 1. The van der Waals surface area contributed by atoms with Gasteiger partial charge in [-0.25, -0.2) is 0 Å². The van der Waals surface area contributed by atoms with Crippen LogP contribution in [0.4, 0.5) is 0 Å². The Morgan fingerprint density at radius 3 is 1.78 bits per heavy atom. The summed E-state index contributed by atoms with van der Waals surface area (Å²) in [6.07, 6.45) is 19.0. The number of aliphatic hydroxyl groups is 1. The molecule has 0 bridgehead atoms. The van der Waals surface area contributed by atoms with E-state index < -0.39 is 0 Å². The quantitative estimate of drug-likeness (QED) is 0.315. The average Bonchev–Trinajstić information content (AvgIpc) is 2.68. The monoisotopic (exact) mass is 384 g/mol. The lowest BCUT2D eigenvalue weighted by Gasteiger charge is -2.28. The summed E-state index contributed by atoms with van der Waals surface area (Å²) in [5.41, 5.74) is 0. The van der Waals surface area contributed by atoms with Crippen LogP contribution < -0.4 is 5.32 Å². The summed E-state index contributed by atoms with van der Waals surface area (Å²) in [6.45, 7) is 8.47. The molecular formula is C23H48N2O2. The van der Waals surface area contributed by atoms with Crippen molar-refractivity contribution in [2.24, 2.45) is 0 Å². The average molecular weight is 385 g/mol. The zero-order valence-corrected chi connectivity index (χ0v) is 18.2. The molecule has 0 aromatic heterocycles. The zero-order chi connectivity index (χ0) is 19.4. The van der Waals surface area contributed by atoms with E-state index >= 15 is 0 Å². The molecule has 1 aliphatic heterocycles. The van der Waals surface area contributed by atoms with Gasteiger partial charge in [0.1, 0.15) is 0 Å². The van der Waals surface area contributed by atoms with Crippen LogP contribution in [0, 0.1) is 0 Å². The maximum Gasteiger partial charge on any atom is 0.0900 e. The summed E-state index contributed by atoms with van der Waals surface area (Å²) in [7, 11) is 0. The summed E-state index contributed by atoms with van der Waals surface area (Å²) in [5, 5.41) is 13.4. The Balaban J connectivity index is 1.71. The predicted octanol–water partition coefficient (Wildman–Crippen LogP) is 4.75. The lowest BCUT2D eigenvalue weighted by molar-refractivity contribution is 0.0136.